The van der Waals surface area contributed by atoms with Crippen LogP contribution in [0.2, 0.25) is 0 Å². The maximum absolute atomic E-state index is 3.49. The number of hydrogen-bond donors (Lipinski definition) is 1. The molecule has 122 valence electrons. The quantitative estimate of drug-likeness (QED) is 0.811. The zero-order chi connectivity index (χ0) is 14.7. The molecule has 3 rings (SSSR count). The third-order valence-electron chi connectivity index (χ3n) is 5.97. The summed E-state index contributed by atoms with van der Waals surface area (Å²) in [6.45, 7) is 11.6. The molecule has 1 heterocycles. The Balaban J connectivity index is 1.49. The fourth-order valence-electron chi connectivity index (χ4n) is 4.77. The molecule has 0 radical (unpaired) electrons. The Morgan fingerprint density at radius 2 is 1.76 bits per heavy atom. The first-order valence-corrected chi connectivity index (χ1v) is 9.28. The molecule has 3 nitrogen and oxygen atoms in total. The highest BCUT2D eigenvalue weighted by molar-refractivity contribution is 4.91. The SMILES string of the molecule is CNCC1(CN2CCN(CC3CC3)CC2)CCCC(C)C1. The average molecular weight is 293 g/mol. The van der Waals surface area contributed by atoms with Crippen LogP contribution in [0, 0.1) is 17.3 Å². The van der Waals surface area contributed by atoms with Crippen molar-refractivity contribution in [3.63, 3.8) is 0 Å². The molecule has 2 saturated carbocycles. The van der Waals surface area contributed by atoms with Gasteiger partial charge < -0.3 is 15.1 Å². The molecule has 0 aromatic carbocycles. The van der Waals surface area contributed by atoms with E-state index in [2.05, 4.69) is 29.1 Å². The molecule has 0 aromatic rings. The smallest absolute Gasteiger partial charge is 0.0110 e. The van der Waals surface area contributed by atoms with E-state index in [1.807, 2.05) is 0 Å². The molecule has 0 spiro atoms. The molecular weight excluding hydrogens is 258 g/mol. The van der Waals surface area contributed by atoms with Crippen LogP contribution in [0.4, 0.5) is 0 Å². The lowest BCUT2D eigenvalue weighted by molar-refractivity contribution is 0.0492. The van der Waals surface area contributed by atoms with Crippen molar-refractivity contribution in [2.24, 2.45) is 17.3 Å². The molecule has 21 heavy (non-hydrogen) atoms. The highest BCUT2D eigenvalue weighted by Crippen LogP contribution is 2.39. The first kappa shape index (κ1) is 15.8. The summed E-state index contributed by atoms with van der Waals surface area (Å²) >= 11 is 0. The van der Waals surface area contributed by atoms with Gasteiger partial charge >= 0.3 is 0 Å². The van der Waals surface area contributed by atoms with Crippen LogP contribution in [-0.2, 0) is 0 Å². The minimum atomic E-state index is 0.547. The summed E-state index contributed by atoms with van der Waals surface area (Å²) in [4.78, 5) is 5.47. The van der Waals surface area contributed by atoms with Crippen molar-refractivity contribution in [2.45, 2.75) is 45.4 Å². The highest BCUT2D eigenvalue weighted by atomic mass is 15.3. The second-order valence-corrected chi connectivity index (χ2v) is 8.25. The fraction of sp³-hybridized carbons (Fsp3) is 1.00. The van der Waals surface area contributed by atoms with Crippen molar-refractivity contribution in [1.29, 1.82) is 0 Å². The average Bonchev–Trinajstić information content (AvgIpc) is 3.25. The molecule has 0 aromatic heterocycles. The molecule has 2 unspecified atom stereocenters. The van der Waals surface area contributed by atoms with Crippen molar-refractivity contribution in [3.05, 3.63) is 0 Å². The number of nitrogens with one attached hydrogen (secondary N) is 1. The van der Waals surface area contributed by atoms with Crippen LogP contribution in [0.15, 0.2) is 0 Å². The van der Waals surface area contributed by atoms with Gasteiger partial charge in [-0.15, -0.1) is 0 Å². The summed E-state index contributed by atoms with van der Waals surface area (Å²) in [7, 11) is 2.13. The lowest BCUT2D eigenvalue weighted by Gasteiger charge is -2.45. The van der Waals surface area contributed by atoms with E-state index in [1.165, 1.54) is 84.3 Å². The predicted molar refractivity (Wildman–Crippen MR) is 89.6 cm³/mol. The van der Waals surface area contributed by atoms with E-state index in [4.69, 9.17) is 0 Å². The minimum absolute atomic E-state index is 0.547. The Bertz CT molecular complexity index is 316. The largest absolute Gasteiger partial charge is 0.319 e. The molecular formula is C18H35N3. The van der Waals surface area contributed by atoms with E-state index in [0.717, 1.165) is 11.8 Å². The normalized spacial score (nSPS) is 36.0. The third-order valence-corrected chi connectivity index (χ3v) is 5.97. The molecule has 1 N–H and O–H groups in total. The van der Waals surface area contributed by atoms with Gasteiger partial charge in [-0.2, -0.15) is 0 Å². The van der Waals surface area contributed by atoms with E-state index in [1.54, 1.807) is 0 Å². The Kier molecular flexibility index (Phi) is 5.23. The monoisotopic (exact) mass is 293 g/mol. The van der Waals surface area contributed by atoms with Crippen LogP contribution in [0.25, 0.3) is 0 Å². The van der Waals surface area contributed by atoms with Gasteiger partial charge in [0.2, 0.25) is 0 Å². The van der Waals surface area contributed by atoms with Crippen LogP contribution in [0.3, 0.4) is 0 Å². The van der Waals surface area contributed by atoms with Crippen LogP contribution in [-0.4, -0.2) is 62.7 Å². The van der Waals surface area contributed by atoms with Crippen LogP contribution in [0.1, 0.15) is 45.4 Å². The maximum Gasteiger partial charge on any atom is 0.0110 e. The van der Waals surface area contributed by atoms with Gasteiger partial charge in [-0.25, -0.2) is 0 Å². The minimum Gasteiger partial charge on any atom is -0.319 e. The van der Waals surface area contributed by atoms with Crippen LogP contribution in [0.5, 0.6) is 0 Å². The summed E-state index contributed by atoms with van der Waals surface area (Å²) in [6.07, 6.45) is 8.72. The van der Waals surface area contributed by atoms with Gasteiger partial charge in [0.15, 0.2) is 0 Å². The van der Waals surface area contributed by atoms with Crippen molar-refractivity contribution >= 4 is 0 Å². The van der Waals surface area contributed by atoms with Gasteiger partial charge in [-0.3, -0.25) is 0 Å². The van der Waals surface area contributed by atoms with Crippen molar-refractivity contribution in [1.82, 2.24) is 15.1 Å². The van der Waals surface area contributed by atoms with Gasteiger partial charge in [0.05, 0.1) is 0 Å². The van der Waals surface area contributed by atoms with Gasteiger partial charge in [0.1, 0.15) is 0 Å². The summed E-state index contributed by atoms with van der Waals surface area (Å²) < 4.78 is 0. The highest BCUT2D eigenvalue weighted by Gasteiger charge is 2.36. The number of rotatable bonds is 6. The Morgan fingerprint density at radius 1 is 1.05 bits per heavy atom. The molecule has 1 aliphatic heterocycles. The molecule has 3 heteroatoms. The number of nitrogens with zero attached hydrogens (tertiary/aromatic N) is 2. The van der Waals surface area contributed by atoms with Crippen LogP contribution < -0.4 is 5.32 Å². The molecule has 2 aliphatic carbocycles. The van der Waals surface area contributed by atoms with Crippen molar-refractivity contribution in [2.75, 3.05) is 52.9 Å². The van der Waals surface area contributed by atoms with E-state index >= 15 is 0 Å². The van der Waals surface area contributed by atoms with Gasteiger partial charge in [0.25, 0.3) is 0 Å². The zero-order valence-electron chi connectivity index (χ0n) is 14.2. The summed E-state index contributed by atoms with van der Waals surface area (Å²) in [6, 6.07) is 0. The lowest BCUT2D eigenvalue weighted by Crippen LogP contribution is -2.52. The zero-order valence-corrected chi connectivity index (χ0v) is 14.2. The standard InChI is InChI=1S/C18H35N3/c1-16-4-3-7-18(12-16,14-19-2)15-21-10-8-20(9-11-21)13-17-5-6-17/h16-17,19H,3-15H2,1-2H3. The second-order valence-electron chi connectivity index (χ2n) is 8.25. The maximum atomic E-state index is 3.49. The van der Waals surface area contributed by atoms with E-state index in [-0.39, 0.29) is 0 Å². The first-order chi connectivity index (χ1) is 10.2. The van der Waals surface area contributed by atoms with Crippen molar-refractivity contribution < 1.29 is 0 Å². The van der Waals surface area contributed by atoms with Crippen LogP contribution >= 0.6 is 0 Å². The summed E-state index contributed by atoms with van der Waals surface area (Å²) in [5.74, 6) is 1.97. The second kappa shape index (κ2) is 6.97. The Hall–Kier alpha value is -0.120. The van der Waals surface area contributed by atoms with E-state index in [9.17, 15) is 0 Å². The van der Waals surface area contributed by atoms with Crippen molar-refractivity contribution in [3.8, 4) is 0 Å². The predicted octanol–water partition coefficient (Wildman–Crippen LogP) is 2.43. The summed E-state index contributed by atoms with van der Waals surface area (Å²) in [5, 5.41) is 3.49. The number of piperazine rings is 1. The summed E-state index contributed by atoms with van der Waals surface area (Å²) in [5.41, 5.74) is 0.547. The molecule has 2 atom stereocenters. The molecule has 3 aliphatic rings. The molecule has 0 amide bonds. The van der Waals surface area contributed by atoms with E-state index < -0.39 is 0 Å². The van der Waals surface area contributed by atoms with Gasteiger partial charge in [-0.05, 0) is 50.0 Å². The van der Waals surface area contributed by atoms with E-state index in [0.29, 0.717) is 5.41 Å². The van der Waals surface area contributed by atoms with Gasteiger partial charge in [0, 0.05) is 45.8 Å². The molecule has 0 bridgehead atoms. The Labute approximate surface area is 131 Å². The fourth-order valence-corrected chi connectivity index (χ4v) is 4.77. The topological polar surface area (TPSA) is 18.5 Å². The lowest BCUT2D eigenvalue weighted by atomic mass is 9.69. The molecule has 3 fully saturated rings. The molecule has 1 saturated heterocycles. The Morgan fingerprint density at radius 3 is 2.38 bits per heavy atom. The first-order valence-electron chi connectivity index (χ1n) is 9.28. The van der Waals surface area contributed by atoms with Gasteiger partial charge in [-0.1, -0.05) is 19.8 Å². The third kappa shape index (κ3) is 4.43. The number of hydrogen-bond acceptors (Lipinski definition) is 3.